The molecule has 12 nitrogen and oxygen atoms in total. The Morgan fingerprint density at radius 1 is 0.950 bits per heavy atom. The molecular formula is C28H31N5O7. The second-order valence-electron chi connectivity index (χ2n) is 9.97. The van der Waals surface area contributed by atoms with Gasteiger partial charge in [0.2, 0.25) is 0 Å². The summed E-state index contributed by atoms with van der Waals surface area (Å²) < 4.78 is 10.6. The highest BCUT2D eigenvalue weighted by Crippen LogP contribution is 2.25. The Morgan fingerprint density at radius 2 is 1.57 bits per heavy atom. The van der Waals surface area contributed by atoms with E-state index >= 15 is 0 Å². The molecule has 2 fully saturated rings. The number of ether oxygens (including phenoxy) is 2. The summed E-state index contributed by atoms with van der Waals surface area (Å²) in [6.07, 6.45) is 0.750. The number of nitrogens with one attached hydrogen (secondary N) is 1. The molecule has 0 radical (unpaired) electrons. The molecular weight excluding hydrogens is 518 g/mol. The first-order valence-corrected chi connectivity index (χ1v) is 12.6. The molecule has 0 bridgehead atoms. The number of hydrogen-bond acceptors (Lipinski definition) is 9. The van der Waals surface area contributed by atoms with Crippen LogP contribution in [0.2, 0.25) is 0 Å². The van der Waals surface area contributed by atoms with Gasteiger partial charge in [0.15, 0.2) is 5.70 Å². The van der Waals surface area contributed by atoms with E-state index in [9.17, 15) is 19.2 Å². The molecule has 2 aliphatic rings. The zero-order valence-electron chi connectivity index (χ0n) is 22.7. The number of benzene rings is 2. The van der Waals surface area contributed by atoms with Crippen LogP contribution >= 0.6 is 0 Å². The summed E-state index contributed by atoms with van der Waals surface area (Å²) in [6.45, 7) is 6.18. The Bertz CT molecular complexity index is 1330. The summed E-state index contributed by atoms with van der Waals surface area (Å²) in [4.78, 5) is 63.8. The van der Waals surface area contributed by atoms with E-state index in [1.54, 1.807) is 75.4 Å². The molecule has 0 saturated carbocycles. The molecule has 40 heavy (non-hydrogen) atoms. The molecule has 0 unspecified atom stereocenters. The van der Waals surface area contributed by atoms with Gasteiger partial charge in [-0.2, -0.15) is 0 Å². The second kappa shape index (κ2) is 12.0. The molecule has 1 N–H and O–H groups in total. The van der Waals surface area contributed by atoms with Crippen molar-refractivity contribution in [1.82, 2.24) is 15.4 Å². The number of carbonyl (C=O) groups excluding carboxylic acids is 4. The van der Waals surface area contributed by atoms with Crippen molar-refractivity contribution in [3.8, 4) is 5.75 Å². The van der Waals surface area contributed by atoms with E-state index in [0.717, 1.165) is 0 Å². The van der Waals surface area contributed by atoms with Crippen LogP contribution in [0.15, 0.2) is 71.4 Å². The fraction of sp³-hybridized carbons (Fsp3) is 0.321. The summed E-state index contributed by atoms with van der Waals surface area (Å²) in [5.74, 6) is -1.38. The van der Waals surface area contributed by atoms with Gasteiger partial charge in [-0.25, -0.2) is 19.6 Å². The van der Waals surface area contributed by atoms with Gasteiger partial charge in [-0.15, -0.1) is 0 Å². The number of carbonyl (C=O) groups is 4. The Labute approximate surface area is 231 Å². The first-order chi connectivity index (χ1) is 19.1. The number of methoxy groups -OCH3 is 1. The fourth-order valence-electron chi connectivity index (χ4n) is 3.93. The van der Waals surface area contributed by atoms with Crippen molar-refractivity contribution in [2.24, 2.45) is 4.99 Å². The zero-order chi connectivity index (χ0) is 28.9. The maximum absolute atomic E-state index is 13.6. The number of rotatable bonds is 5. The Hall–Kier alpha value is -4.71. The Kier molecular flexibility index (Phi) is 8.49. The molecule has 2 aliphatic heterocycles. The van der Waals surface area contributed by atoms with Gasteiger partial charge >= 0.3 is 12.1 Å². The van der Waals surface area contributed by atoms with Crippen LogP contribution in [0.1, 0.15) is 31.1 Å². The summed E-state index contributed by atoms with van der Waals surface area (Å²) in [7, 11) is 1.53. The van der Waals surface area contributed by atoms with Crippen molar-refractivity contribution in [2.75, 3.05) is 38.3 Å². The van der Waals surface area contributed by atoms with Crippen LogP contribution in [-0.2, 0) is 19.2 Å². The van der Waals surface area contributed by atoms with Crippen molar-refractivity contribution in [2.45, 2.75) is 26.4 Å². The molecule has 0 atom stereocenters. The molecule has 4 rings (SSSR count). The summed E-state index contributed by atoms with van der Waals surface area (Å²) in [5, 5.41) is 1.33. The highest BCUT2D eigenvalue weighted by Gasteiger charge is 2.33. The third-order valence-corrected chi connectivity index (χ3v) is 5.96. The third kappa shape index (κ3) is 6.83. The molecule has 210 valence electrons. The number of piperazine rings is 1. The van der Waals surface area contributed by atoms with Crippen LogP contribution in [0.25, 0.3) is 0 Å². The summed E-state index contributed by atoms with van der Waals surface area (Å²) >= 11 is 0. The van der Waals surface area contributed by atoms with Gasteiger partial charge in [-0.1, -0.05) is 23.8 Å². The number of nitrogens with zero attached hydrogens (tertiary/aromatic N) is 4. The minimum atomic E-state index is -0.766. The van der Waals surface area contributed by atoms with E-state index < -0.39 is 29.5 Å². The van der Waals surface area contributed by atoms with E-state index in [-0.39, 0.29) is 43.2 Å². The van der Waals surface area contributed by atoms with Crippen molar-refractivity contribution < 1.29 is 33.5 Å². The van der Waals surface area contributed by atoms with Crippen molar-refractivity contribution >= 4 is 35.3 Å². The minimum Gasteiger partial charge on any atom is -0.497 e. The highest BCUT2D eigenvalue weighted by atomic mass is 16.7. The summed E-state index contributed by atoms with van der Waals surface area (Å²) in [6, 6.07) is 15.0. The van der Waals surface area contributed by atoms with E-state index in [2.05, 4.69) is 10.6 Å². The van der Waals surface area contributed by atoms with Gasteiger partial charge in [-0.3, -0.25) is 9.59 Å². The largest absolute Gasteiger partial charge is 0.497 e. The normalized spacial score (nSPS) is 17.1. The maximum Gasteiger partial charge on any atom is 0.410 e. The highest BCUT2D eigenvalue weighted by molar-refractivity contribution is 6.45. The Morgan fingerprint density at radius 3 is 2.17 bits per heavy atom. The minimum absolute atomic E-state index is 0.0504. The first-order valence-electron chi connectivity index (χ1n) is 12.6. The molecule has 0 spiro atoms. The molecule has 0 aromatic heterocycles. The van der Waals surface area contributed by atoms with Gasteiger partial charge in [0.05, 0.1) is 12.8 Å². The van der Waals surface area contributed by atoms with Crippen molar-refractivity contribution in [3.05, 3.63) is 71.9 Å². The second-order valence-corrected chi connectivity index (χ2v) is 9.97. The molecule has 2 aromatic rings. The van der Waals surface area contributed by atoms with Crippen LogP contribution in [0.5, 0.6) is 5.75 Å². The number of aliphatic imine (C=N–C) groups is 1. The number of amides is 3. The van der Waals surface area contributed by atoms with Crippen LogP contribution in [0.3, 0.4) is 0 Å². The predicted octanol–water partition coefficient (Wildman–Crippen LogP) is 2.72. The smallest absolute Gasteiger partial charge is 0.410 e. The van der Waals surface area contributed by atoms with Gasteiger partial charge in [0.25, 0.3) is 11.8 Å². The average Bonchev–Trinajstić information content (AvgIpc) is 3.31. The standard InChI is InChI=1S/C28H31N5O7/c1-28(2,3)39-27(37)32-16-14-31(15-17-32)25(35)22(29-24(34)19-8-6-5-7-9-19)18-23-26(36)40-30-33(23)20-10-12-21(38-4)13-11-20/h5-13,18,30H,14-17H2,1-4H3/b23-18+,29-22?. The number of hydrogen-bond donors (Lipinski definition) is 1. The lowest BCUT2D eigenvalue weighted by molar-refractivity contribution is -0.140. The van der Waals surface area contributed by atoms with E-state index in [0.29, 0.717) is 11.4 Å². The lowest BCUT2D eigenvalue weighted by Gasteiger charge is -2.35. The quantitative estimate of drug-likeness (QED) is 0.442. The zero-order valence-corrected chi connectivity index (χ0v) is 22.7. The molecule has 2 aromatic carbocycles. The first kappa shape index (κ1) is 28.3. The molecule has 2 saturated heterocycles. The van der Waals surface area contributed by atoms with Crippen LogP contribution in [0.4, 0.5) is 10.5 Å². The lowest BCUT2D eigenvalue weighted by Crippen LogP contribution is -2.53. The third-order valence-electron chi connectivity index (χ3n) is 5.96. The monoisotopic (exact) mass is 549 g/mol. The van der Waals surface area contributed by atoms with Crippen LogP contribution in [0, 0.1) is 0 Å². The molecule has 12 heteroatoms. The number of hydrazine groups is 1. The summed E-state index contributed by atoms with van der Waals surface area (Å²) in [5.41, 5.74) is 2.35. The van der Waals surface area contributed by atoms with Gasteiger partial charge in [0, 0.05) is 37.8 Å². The molecule has 3 amide bonds. The SMILES string of the molecule is COc1ccc(N2NOC(=O)/C2=C\C(=NC(=O)c2ccccc2)C(=O)N2CCN(C(=O)OC(C)(C)C)CC2)cc1. The fourth-order valence-corrected chi connectivity index (χ4v) is 3.93. The van der Waals surface area contributed by atoms with Crippen molar-refractivity contribution in [1.29, 1.82) is 0 Å². The molecule has 2 heterocycles. The average molecular weight is 550 g/mol. The van der Waals surface area contributed by atoms with Crippen molar-refractivity contribution in [3.63, 3.8) is 0 Å². The molecule has 0 aliphatic carbocycles. The topological polar surface area (TPSA) is 130 Å². The number of anilines is 1. The van der Waals surface area contributed by atoms with Crippen LogP contribution in [-0.4, -0.2) is 78.3 Å². The van der Waals surface area contributed by atoms with Gasteiger partial charge in [-0.05, 0) is 57.2 Å². The van der Waals surface area contributed by atoms with Gasteiger partial charge in [0.1, 0.15) is 17.1 Å². The van der Waals surface area contributed by atoms with E-state index in [1.807, 2.05) is 0 Å². The maximum atomic E-state index is 13.6. The van der Waals surface area contributed by atoms with E-state index in [1.165, 1.54) is 28.0 Å². The van der Waals surface area contributed by atoms with Crippen LogP contribution < -0.4 is 15.3 Å². The lowest BCUT2D eigenvalue weighted by atomic mass is 10.2. The van der Waals surface area contributed by atoms with Gasteiger partial charge < -0.3 is 24.1 Å². The van der Waals surface area contributed by atoms with E-state index in [4.69, 9.17) is 14.3 Å². The Balaban J connectivity index is 1.61. The predicted molar refractivity (Wildman–Crippen MR) is 145 cm³/mol.